The summed E-state index contributed by atoms with van der Waals surface area (Å²) in [7, 11) is 0. The van der Waals surface area contributed by atoms with Crippen molar-refractivity contribution in [2.45, 2.75) is 13.5 Å². The molecule has 1 heterocycles. The Labute approximate surface area is 81.9 Å². The molecule has 1 aromatic carbocycles. The van der Waals surface area contributed by atoms with Gasteiger partial charge in [0.05, 0.1) is 6.20 Å². The van der Waals surface area contributed by atoms with Crippen LogP contribution in [0.4, 0.5) is 0 Å². The number of nitrogens with zero attached hydrogens (tertiary/aromatic N) is 2. The van der Waals surface area contributed by atoms with E-state index in [1.165, 1.54) is 5.56 Å². The lowest BCUT2D eigenvalue weighted by atomic mass is 10.2. The van der Waals surface area contributed by atoms with Crippen molar-refractivity contribution in [3.05, 3.63) is 41.7 Å². The molecule has 0 saturated heterocycles. The van der Waals surface area contributed by atoms with Crippen LogP contribution in [0.25, 0.3) is 0 Å². The number of aromatic nitrogens is 3. The molecule has 0 fully saturated rings. The van der Waals surface area contributed by atoms with Crippen LogP contribution in [0.15, 0.2) is 30.5 Å². The molecule has 0 radical (unpaired) electrons. The molecule has 0 aliphatic heterocycles. The van der Waals surface area contributed by atoms with Gasteiger partial charge in [-0.05, 0) is 24.6 Å². The van der Waals surface area contributed by atoms with Crippen LogP contribution in [0, 0.1) is 6.92 Å². The van der Waals surface area contributed by atoms with Gasteiger partial charge in [0.15, 0.2) is 0 Å². The molecule has 0 bridgehead atoms. The lowest BCUT2D eigenvalue weighted by Gasteiger charge is -2.03. The number of aryl methyl sites for hydroxylation is 1. The van der Waals surface area contributed by atoms with E-state index in [0.717, 1.165) is 11.4 Å². The summed E-state index contributed by atoms with van der Waals surface area (Å²) in [6.45, 7) is 2.48. The normalized spacial score (nSPS) is 10.1. The standard InChI is InChI=1S/C10H11N3O/c1-8-3-2-4-10(5-8)14-7-9-6-11-13-12-9/h2-6H,7H2,1H3,(H,11,12,13). The molecule has 14 heavy (non-hydrogen) atoms. The maximum absolute atomic E-state index is 5.51. The fraction of sp³-hybridized carbons (Fsp3) is 0.200. The number of rotatable bonds is 3. The first-order valence-electron chi connectivity index (χ1n) is 4.39. The van der Waals surface area contributed by atoms with Gasteiger partial charge in [0.1, 0.15) is 18.1 Å². The third-order valence-corrected chi connectivity index (χ3v) is 1.84. The number of aromatic amines is 1. The number of nitrogens with one attached hydrogen (secondary N) is 1. The summed E-state index contributed by atoms with van der Waals surface area (Å²) < 4.78 is 5.51. The smallest absolute Gasteiger partial charge is 0.134 e. The lowest BCUT2D eigenvalue weighted by molar-refractivity contribution is 0.301. The Kier molecular flexibility index (Phi) is 2.44. The highest BCUT2D eigenvalue weighted by Gasteiger charge is 1.97. The van der Waals surface area contributed by atoms with Crippen molar-refractivity contribution in [2.75, 3.05) is 0 Å². The minimum absolute atomic E-state index is 0.444. The minimum Gasteiger partial charge on any atom is -0.487 e. The van der Waals surface area contributed by atoms with Crippen molar-refractivity contribution in [3.63, 3.8) is 0 Å². The maximum atomic E-state index is 5.51. The minimum atomic E-state index is 0.444. The Hall–Kier alpha value is -1.84. The second-order valence-electron chi connectivity index (χ2n) is 3.07. The van der Waals surface area contributed by atoms with Gasteiger partial charge in [-0.1, -0.05) is 12.1 Å². The number of benzene rings is 1. The highest BCUT2D eigenvalue weighted by Crippen LogP contribution is 2.13. The molecule has 0 amide bonds. The van der Waals surface area contributed by atoms with E-state index < -0.39 is 0 Å². The fourth-order valence-corrected chi connectivity index (χ4v) is 1.16. The third kappa shape index (κ3) is 2.10. The van der Waals surface area contributed by atoms with E-state index in [1.807, 2.05) is 31.2 Å². The molecule has 0 unspecified atom stereocenters. The van der Waals surface area contributed by atoms with Gasteiger partial charge >= 0.3 is 0 Å². The van der Waals surface area contributed by atoms with Crippen molar-refractivity contribution in [3.8, 4) is 5.75 Å². The molecular weight excluding hydrogens is 178 g/mol. The van der Waals surface area contributed by atoms with Crippen LogP contribution in [0.3, 0.4) is 0 Å². The van der Waals surface area contributed by atoms with Crippen molar-refractivity contribution in [2.24, 2.45) is 0 Å². The first-order chi connectivity index (χ1) is 6.84. The fourth-order valence-electron chi connectivity index (χ4n) is 1.16. The quantitative estimate of drug-likeness (QED) is 0.799. The van der Waals surface area contributed by atoms with E-state index in [4.69, 9.17) is 4.74 Å². The molecule has 0 spiro atoms. The van der Waals surface area contributed by atoms with Crippen LogP contribution in [0.2, 0.25) is 0 Å². The van der Waals surface area contributed by atoms with Crippen LogP contribution < -0.4 is 4.74 Å². The topological polar surface area (TPSA) is 50.8 Å². The van der Waals surface area contributed by atoms with Gasteiger partial charge in [0.25, 0.3) is 0 Å². The summed E-state index contributed by atoms with van der Waals surface area (Å²) in [5.41, 5.74) is 1.98. The van der Waals surface area contributed by atoms with Gasteiger partial charge in [0, 0.05) is 0 Å². The van der Waals surface area contributed by atoms with Crippen molar-refractivity contribution in [1.29, 1.82) is 0 Å². The molecule has 4 nitrogen and oxygen atoms in total. The second-order valence-corrected chi connectivity index (χ2v) is 3.07. The van der Waals surface area contributed by atoms with E-state index in [9.17, 15) is 0 Å². The summed E-state index contributed by atoms with van der Waals surface area (Å²) in [6.07, 6.45) is 1.65. The Bertz CT molecular complexity index is 398. The number of hydrogen-bond acceptors (Lipinski definition) is 3. The van der Waals surface area contributed by atoms with Crippen molar-refractivity contribution >= 4 is 0 Å². The molecule has 0 aliphatic carbocycles. The first kappa shape index (κ1) is 8.74. The zero-order valence-corrected chi connectivity index (χ0v) is 7.90. The second kappa shape index (κ2) is 3.91. The SMILES string of the molecule is Cc1cccc(OCc2cn[nH]n2)c1. The Balaban J connectivity index is 1.98. The first-order valence-corrected chi connectivity index (χ1v) is 4.39. The number of H-pyrrole nitrogens is 1. The average Bonchev–Trinajstić information content (AvgIpc) is 2.67. The highest BCUT2D eigenvalue weighted by atomic mass is 16.5. The van der Waals surface area contributed by atoms with Crippen LogP contribution >= 0.6 is 0 Å². The highest BCUT2D eigenvalue weighted by molar-refractivity contribution is 5.27. The molecule has 1 N–H and O–H groups in total. The lowest BCUT2D eigenvalue weighted by Crippen LogP contribution is -1.95. The van der Waals surface area contributed by atoms with Crippen LogP contribution in [-0.4, -0.2) is 15.4 Å². The van der Waals surface area contributed by atoms with E-state index in [-0.39, 0.29) is 0 Å². The van der Waals surface area contributed by atoms with Crippen molar-refractivity contribution < 1.29 is 4.74 Å². The molecule has 2 rings (SSSR count). The summed E-state index contributed by atoms with van der Waals surface area (Å²) in [5, 5.41) is 10.1. The Morgan fingerprint density at radius 3 is 3.07 bits per heavy atom. The van der Waals surface area contributed by atoms with Crippen molar-refractivity contribution in [1.82, 2.24) is 15.4 Å². The molecule has 1 aromatic heterocycles. The largest absolute Gasteiger partial charge is 0.487 e. The summed E-state index contributed by atoms with van der Waals surface area (Å²) >= 11 is 0. The summed E-state index contributed by atoms with van der Waals surface area (Å²) in [6, 6.07) is 7.91. The van der Waals surface area contributed by atoms with E-state index >= 15 is 0 Å². The Morgan fingerprint density at radius 1 is 1.43 bits per heavy atom. The van der Waals surface area contributed by atoms with Gasteiger partial charge in [-0.2, -0.15) is 15.4 Å². The molecule has 72 valence electrons. The molecule has 2 aromatic rings. The molecular formula is C10H11N3O. The predicted octanol–water partition coefficient (Wildman–Crippen LogP) is 1.69. The Morgan fingerprint density at radius 2 is 2.36 bits per heavy atom. The van der Waals surface area contributed by atoms with Gasteiger partial charge in [-0.15, -0.1) is 0 Å². The van der Waals surface area contributed by atoms with Gasteiger partial charge in [0.2, 0.25) is 0 Å². The monoisotopic (exact) mass is 189 g/mol. The zero-order valence-electron chi connectivity index (χ0n) is 7.90. The average molecular weight is 189 g/mol. The maximum Gasteiger partial charge on any atom is 0.134 e. The van der Waals surface area contributed by atoms with Gasteiger partial charge in [-0.25, -0.2) is 0 Å². The van der Waals surface area contributed by atoms with Gasteiger partial charge in [-0.3, -0.25) is 0 Å². The van der Waals surface area contributed by atoms with Crippen LogP contribution in [-0.2, 0) is 6.61 Å². The summed E-state index contributed by atoms with van der Waals surface area (Å²) in [4.78, 5) is 0. The molecule has 0 saturated carbocycles. The molecule has 0 atom stereocenters. The molecule has 0 aliphatic rings. The van der Waals surface area contributed by atoms with E-state index in [0.29, 0.717) is 6.61 Å². The van der Waals surface area contributed by atoms with Crippen LogP contribution in [0.5, 0.6) is 5.75 Å². The van der Waals surface area contributed by atoms with Crippen LogP contribution in [0.1, 0.15) is 11.3 Å². The number of hydrogen-bond donors (Lipinski definition) is 1. The summed E-state index contributed by atoms with van der Waals surface area (Å²) in [5.74, 6) is 0.855. The van der Waals surface area contributed by atoms with E-state index in [2.05, 4.69) is 15.4 Å². The van der Waals surface area contributed by atoms with Gasteiger partial charge < -0.3 is 4.74 Å². The predicted molar refractivity (Wildman–Crippen MR) is 51.9 cm³/mol. The number of ether oxygens (including phenoxy) is 1. The van der Waals surface area contributed by atoms with E-state index in [1.54, 1.807) is 6.20 Å². The zero-order chi connectivity index (χ0) is 9.80. The third-order valence-electron chi connectivity index (χ3n) is 1.84. The molecule has 4 heteroatoms.